The summed E-state index contributed by atoms with van der Waals surface area (Å²) in [6.07, 6.45) is -5.21. The number of alkyl halides is 3. The van der Waals surface area contributed by atoms with E-state index in [0.29, 0.717) is 39.9 Å². The summed E-state index contributed by atoms with van der Waals surface area (Å²) < 4.78 is 69.2. The molecule has 2 atom stereocenters. The number of aliphatic hydroxyl groups is 1. The Hall–Kier alpha value is -3.91. The number of fused-ring (bicyclic) bond motifs is 1. The fourth-order valence-corrected chi connectivity index (χ4v) is 5.41. The minimum atomic E-state index is -5.11. The topological polar surface area (TPSA) is 130 Å². The number of rotatable bonds is 13. The molecule has 1 aromatic heterocycles. The molecule has 0 fully saturated rings. The lowest BCUT2D eigenvalue weighted by Gasteiger charge is -2.18. The molecule has 0 radical (unpaired) electrons. The van der Waals surface area contributed by atoms with Crippen LogP contribution in [0.15, 0.2) is 83.8 Å². The zero-order chi connectivity index (χ0) is 30.5. The average molecular weight is 606 g/mol. The van der Waals surface area contributed by atoms with Crippen molar-refractivity contribution in [3.8, 4) is 5.75 Å². The molecule has 13 heteroatoms. The van der Waals surface area contributed by atoms with Gasteiger partial charge in [0.2, 0.25) is 10.0 Å². The number of halogens is 3. The number of carbonyl (C=O) groups is 1. The van der Waals surface area contributed by atoms with Gasteiger partial charge in [-0.25, -0.2) is 13.2 Å². The monoisotopic (exact) mass is 605 g/mol. The number of carboxylic acids is 1. The SMILES string of the molecule is CC(Cc1ccc2c(c1)cc(C(=O)O)n2Cc1ccc(S(=O)(=O)NC(F)(F)F)cc1)NCC(O)COc1ccccc1. The molecule has 42 heavy (non-hydrogen) atoms. The number of hydrogen-bond donors (Lipinski definition) is 4. The molecule has 3 aromatic carbocycles. The zero-order valence-corrected chi connectivity index (χ0v) is 23.3. The predicted octanol–water partition coefficient (Wildman–Crippen LogP) is 4.15. The summed E-state index contributed by atoms with van der Waals surface area (Å²) >= 11 is 0. The molecular formula is C29H30F3N3O6S. The van der Waals surface area contributed by atoms with Crippen molar-refractivity contribution in [2.75, 3.05) is 13.2 Å². The summed E-state index contributed by atoms with van der Waals surface area (Å²) in [5.74, 6) is -0.489. The molecule has 0 saturated carbocycles. The molecule has 4 rings (SSSR count). The maximum Gasteiger partial charge on any atom is 0.470 e. The number of hydrogen-bond acceptors (Lipinski definition) is 6. The summed E-state index contributed by atoms with van der Waals surface area (Å²) in [4.78, 5) is 11.4. The number of carboxylic acid groups (broad SMARTS) is 1. The highest BCUT2D eigenvalue weighted by Gasteiger charge is 2.34. The molecule has 4 N–H and O–H groups in total. The van der Waals surface area contributed by atoms with Crippen LogP contribution in [0, 0.1) is 0 Å². The third-order valence-corrected chi connectivity index (χ3v) is 7.83. The number of ether oxygens (including phenoxy) is 1. The Labute approximate surface area is 240 Å². The van der Waals surface area contributed by atoms with Crippen molar-refractivity contribution in [2.24, 2.45) is 0 Å². The Morgan fingerprint density at radius 3 is 2.31 bits per heavy atom. The van der Waals surface area contributed by atoms with Crippen LogP contribution in [0.2, 0.25) is 0 Å². The Balaban J connectivity index is 1.42. The highest BCUT2D eigenvalue weighted by molar-refractivity contribution is 7.89. The first-order valence-corrected chi connectivity index (χ1v) is 14.4. The quantitative estimate of drug-likeness (QED) is 0.169. The van der Waals surface area contributed by atoms with Crippen LogP contribution in [0.5, 0.6) is 5.75 Å². The highest BCUT2D eigenvalue weighted by Crippen LogP contribution is 2.25. The summed E-state index contributed by atoms with van der Waals surface area (Å²) in [5.41, 5.74) is 2.07. The van der Waals surface area contributed by atoms with Gasteiger partial charge in [-0.1, -0.05) is 36.4 Å². The van der Waals surface area contributed by atoms with Crippen LogP contribution in [0.3, 0.4) is 0 Å². The van der Waals surface area contributed by atoms with E-state index in [-0.39, 0.29) is 24.9 Å². The molecular weight excluding hydrogens is 575 g/mol. The number of sulfonamides is 1. The Bertz CT molecular complexity index is 1620. The molecule has 224 valence electrons. The van der Waals surface area contributed by atoms with E-state index < -0.39 is 33.3 Å². The van der Waals surface area contributed by atoms with Crippen LogP contribution in [-0.4, -0.2) is 60.8 Å². The van der Waals surface area contributed by atoms with E-state index in [1.807, 2.05) is 49.4 Å². The van der Waals surface area contributed by atoms with Gasteiger partial charge in [0.25, 0.3) is 0 Å². The lowest BCUT2D eigenvalue weighted by Crippen LogP contribution is -2.37. The molecule has 2 unspecified atom stereocenters. The largest absolute Gasteiger partial charge is 0.491 e. The van der Waals surface area contributed by atoms with E-state index in [4.69, 9.17) is 4.74 Å². The maximum absolute atomic E-state index is 12.5. The van der Waals surface area contributed by atoms with Gasteiger partial charge in [-0.2, -0.15) is 13.2 Å². The first-order chi connectivity index (χ1) is 19.8. The Morgan fingerprint density at radius 2 is 1.67 bits per heavy atom. The molecule has 0 aliphatic rings. The molecule has 0 spiro atoms. The molecule has 0 saturated heterocycles. The number of aromatic nitrogens is 1. The van der Waals surface area contributed by atoms with Gasteiger partial charge in [-0.3, -0.25) is 0 Å². The molecule has 0 aliphatic carbocycles. The Morgan fingerprint density at radius 1 is 1.00 bits per heavy atom. The van der Waals surface area contributed by atoms with E-state index in [0.717, 1.165) is 17.7 Å². The lowest BCUT2D eigenvalue weighted by atomic mass is 10.0. The number of aromatic carboxylic acids is 1. The third kappa shape index (κ3) is 8.32. The maximum atomic E-state index is 12.5. The van der Waals surface area contributed by atoms with Crippen LogP contribution in [0.25, 0.3) is 10.9 Å². The van der Waals surface area contributed by atoms with E-state index >= 15 is 0 Å². The van der Waals surface area contributed by atoms with Crippen LogP contribution in [0.1, 0.15) is 28.5 Å². The molecule has 0 aliphatic heterocycles. The van der Waals surface area contributed by atoms with Crippen LogP contribution < -0.4 is 14.8 Å². The van der Waals surface area contributed by atoms with Crippen molar-refractivity contribution >= 4 is 26.9 Å². The van der Waals surface area contributed by atoms with Gasteiger partial charge in [0.1, 0.15) is 24.2 Å². The third-order valence-electron chi connectivity index (χ3n) is 6.44. The number of benzene rings is 3. The highest BCUT2D eigenvalue weighted by atomic mass is 32.2. The van der Waals surface area contributed by atoms with Gasteiger partial charge in [-0.05, 0) is 66.9 Å². The lowest BCUT2D eigenvalue weighted by molar-refractivity contribution is -0.138. The van der Waals surface area contributed by atoms with E-state index in [2.05, 4.69) is 5.32 Å². The number of aliphatic hydroxyl groups excluding tert-OH is 1. The minimum Gasteiger partial charge on any atom is -0.491 e. The van der Waals surface area contributed by atoms with Gasteiger partial charge in [0, 0.05) is 30.0 Å². The second-order valence-electron chi connectivity index (χ2n) is 9.85. The van der Waals surface area contributed by atoms with Crippen molar-refractivity contribution < 1.29 is 41.3 Å². The van der Waals surface area contributed by atoms with E-state index in [9.17, 15) is 36.6 Å². The smallest absolute Gasteiger partial charge is 0.470 e. The van der Waals surface area contributed by atoms with Gasteiger partial charge < -0.3 is 24.8 Å². The molecule has 9 nitrogen and oxygen atoms in total. The van der Waals surface area contributed by atoms with Crippen molar-refractivity contribution in [1.82, 2.24) is 14.6 Å². The van der Waals surface area contributed by atoms with Crippen molar-refractivity contribution in [3.63, 3.8) is 0 Å². The van der Waals surface area contributed by atoms with Crippen molar-refractivity contribution in [1.29, 1.82) is 0 Å². The molecule has 1 heterocycles. The van der Waals surface area contributed by atoms with E-state index in [1.165, 1.54) is 18.2 Å². The van der Waals surface area contributed by atoms with E-state index in [1.54, 1.807) is 10.6 Å². The summed E-state index contributed by atoms with van der Waals surface area (Å²) in [5, 5.41) is 24.0. The zero-order valence-electron chi connectivity index (χ0n) is 22.5. The number of nitrogens with one attached hydrogen (secondary N) is 2. The second-order valence-corrected chi connectivity index (χ2v) is 11.5. The van der Waals surface area contributed by atoms with Crippen molar-refractivity contribution in [2.45, 2.75) is 43.2 Å². The first kappa shape index (κ1) is 31.0. The van der Waals surface area contributed by atoms with Gasteiger partial charge in [-0.15, -0.1) is 4.72 Å². The second kappa shape index (κ2) is 12.9. The van der Waals surface area contributed by atoms with Gasteiger partial charge in [0.05, 0.1) is 4.90 Å². The number of para-hydroxylation sites is 1. The Kier molecular flexibility index (Phi) is 9.57. The summed E-state index contributed by atoms with van der Waals surface area (Å²) in [6.45, 7) is 2.49. The van der Waals surface area contributed by atoms with Crippen LogP contribution in [0.4, 0.5) is 13.2 Å². The van der Waals surface area contributed by atoms with Gasteiger partial charge in [0.15, 0.2) is 0 Å². The standard InChI is InChI=1S/C29H30F3N3O6S/c1-19(33-16-23(36)18-41-24-5-3-2-4-6-24)13-21-9-12-26-22(14-21)15-27(28(37)38)35(26)17-20-7-10-25(11-8-20)42(39,40)34-29(30,31)32/h2-12,14-15,19,23,33-34,36H,13,16-18H2,1H3,(H,37,38). The van der Waals surface area contributed by atoms with Crippen LogP contribution in [-0.2, 0) is 23.0 Å². The molecule has 4 aromatic rings. The number of nitrogens with zero attached hydrogens (tertiary/aromatic N) is 1. The van der Waals surface area contributed by atoms with Gasteiger partial charge >= 0.3 is 12.3 Å². The van der Waals surface area contributed by atoms with Crippen molar-refractivity contribution in [3.05, 3.63) is 95.7 Å². The average Bonchev–Trinajstić information content (AvgIpc) is 3.28. The minimum absolute atomic E-state index is 0.00326. The normalized spacial score (nSPS) is 13.6. The fourth-order valence-electron chi connectivity index (χ4n) is 4.49. The predicted molar refractivity (Wildman–Crippen MR) is 150 cm³/mol. The van der Waals surface area contributed by atoms with Crippen LogP contribution >= 0.6 is 0 Å². The summed E-state index contributed by atoms with van der Waals surface area (Å²) in [6, 6.07) is 21.0. The molecule has 0 bridgehead atoms. The fraction of sp³-hybridized carbons (Fsp3) is 0.276. The molecule has 0 amide bonds. The first-order valence-electron chi connectivity index (χ1n) is 12.9. The summed E-state index contributed by atoms with van der Waals surface area (Å²) in [7, 11) is -4.79.